The molecule has 1 rings (SSSR count). The van der Waals surface area contributed by atoms with Crippen LogP contribution in [0.2, 0.25) is 19.6 Å². The van der Waals surface area contributed by atoms with E-state index in [0.717, 1.165) is 12.2 Å². The van der Waals surface area contributed by atoms with Gasteiger partial charge in [-0.15, -0.1) is 0 Å². The highest BCUT2D eigenvalue weighted by Crippen LogP contribution is 2.21. The van der Waals surface area contributed by atoms with Crippen LogP contribution in [-0.2, 0) is 0 Å². The van der Waals surface area contributed by atoms with Gasteiger partial charge in [-0.25, -0.2) is 14.8 Å². The molecule has 1 aromatic rings. The van der Waals surface area contributed by atoms with E-state index < -0.39 is 13.5 Å². The van der Waals surface area contributed by atoms with Gasteiger partial charge < -0.3 is 9.67 Å². The Morgan fingerprint density at radius 2 is 1.94 bits per heavy atom. The summed E-state index contributed by atoms with van der Waals surface area (Å²) in [6, 6.07) is 0. The van der Waals surface area contributed by atoms with Gasteiger partial charge in [0.2, 0.25) is 0 Å². The van der Waals surface area contributed by atoms with E-state index in [-0.39, 0.29) is 5.16 Å². The summed E-state index contributed by atoms with van der Waals surface area (Å²) >= 11 is 0.621. The molecule has 0 atom stereocenters. The highest BCUT2D eigenvalue weighted by atomic mass is 32.2. The molecule has 0 saturated heterocycles. The van der Waals surface area contributed by atoms with Gasteiger partial charge >= 0.3 is 5.30 Å². The molecule has 0 unspecified atom stereocenters. The Morgan fingerprint density at radius 3 is 2.29 bits per heavy atom. The molecular weight excluding hydrogens is 254 g/mol. The molecule has 1 aromatic heterocycles. The number of carboxylic acid groups (broad SMARTS) is 1. The Morgan fingerprint density at radius 1 is 1.41 bits per heavy atom. The number of aromatic nitrogens is 2. The number of anilines is 1. The fourth-order valence-corrected chi connectivity index (χ4v) is 3.83. The van der Waals surface area contributed by atoms with Gasteiger partial charge in [-0.2, -0.15) is 0 Å². The lowest BCUT2D eigenvalue weighted by Crippen LogP contribution is -2.46. The van der Waals surface area contributed by atoms with Crippen LogP contribution in [0.1, 0.15) is 6.92 Å². The Kier molecular flexibility index (Phi) is 4.52. The standard InChI is InChI=1S/C10H17N3O2SSi/c1-5-13(17(2,3)4)8-6-11-9(12-7-8)16-10(14)15/h6-7H,5H2,1-4H3,(H,14,15). The summed E-state index contributed by atoms with van der Waals surface area (Å²) in [5, 5.41) is 7.88. The number of hydrogen-bond donors (Lipinski definition) is 1. The maximum Gasteiger partial charge on any atom is 0.372 e. The van der Waals surface area contributed by atoms with Crippen LogP contribution >= 0.6 is 11.8 Å². The first-order chi connectivity index (χ1) is 7.84. The number of nitrogens with zero attached hydrogens (tertiary/aromatic N) is 3. The maximum absolute atomic E-state index is 10.5. The molecule has 5 nitrogen and oxygen atoms in total. The molecule has 0 aliphatic heterocycles. The number of hydrogen-bond acceptors (Lipinski definition) is 5. The highest BCUT2D eigenvalue weighted by Gasteiger charge is 2.23. The minimum Gasteiger partial charge on any atom is -0.473 e. The van der Waals surface area contributed by atoms with Crippen molar-refractivity contribution in [2.45, 2.75) is 31.7 Å². The lowest BCUT2D eigenvalue weighted by atomic mass is 10.5. The first-order valence-corrected chi connectivity index (χ1v) is 9.61. The van der Waals surface area contributed by atoms with Gasteiger partial charge in [-0.3, -0.25) is 0 Å². The second kappa shape index (κ2) is 5.50. The van der Waals surface area contributed by atoms with Crippen LogP contribution in [0, 0.1) is 0 Å². The summed E-state index contributed by atoms with van der Waals surface area (Å²) in [4.78, 5) is 18.6. The minimum absolute atomic E-state index is 0.271. The van der Waals surface area contributed by atoms with Gasteiger partial charge in [0.05, 0.1) is 18.1 Å². The maximum atomic E-state index is 10.5. The zero-order valence-corrected chi connectivity index (χ0v) is 12.3. The van der Waals surface area contributed by atoms with Crippen molar-refractivity contribution in [1.29, 1.82) is 0 Å². The van der Waals surface area contributed by atoms with Crippen LogP contribution < -0.4 is 4.57 Å². The molecule has 0 bridgehead atoms. The van der Waals surface area contributed by atoms with Crippen molar-refractivity contribution < 1.29 is 9.90 Å². The average Bonchev–Trinajstić information content (AvgIpc) is 2.18. The van der Waals surface area contributed by atoms with Crippen molar-refractivity contribution in [3.8, 4) is 0 Å². The van der Waals surface area contributed by atoms with E-state index in [9.17, 15) is 4.79 Å². The number of carbonyl (C=O) groups is 1. The largest absolute Gasteiger partial charge is 0.473 e. The molecule has 1 heterocycles. The monoisotopic (exact) mass is 271 g/mol. The zero-order chi connectivity index (χ0) is 13.1. The molecular formula is C10H17N3O2SSi. The van der Waals surface area contributed by atoms with Crippen LogP contribution in [0.3, 0.4) is 0 Å². The van der Waals surface area contributed by atoms with E-state index in [1.807, 2.05) is 0 Å². The number of thioether (sulfide) groups is 1. The van der Waals surface area contributed by atoms with E-state index in [1.165, 1.54) is 0 Å². The van der Waals surface area contributed by atoms with Gasteiger partial charge in [-0.1, -0.05) is 19.6 Å². The van der Waals surface area contributed by atoms with Crippen molar-refractivity contribution in [1.82, 2.24) is 9.97 Å². The Bertz CT molecular complexity index is 392. The molecule has 0 aliphatic rings. The Hall–Kier alpha value is -1.08. The first kappa shape index (κ1) is 14.0. The second-order valence-corrected chi connectivity index (χ2v) is 10.3. The van der Waals surface area contributed by atoms with Crippen molar-refractivity contribution >= 4 is 31.0 Å². The summed E-state index contributed by atoms with van der Waals surface area (Å²) in [7, 11) is -1.45. The van der Waals surface area contributed by atoms with Crippen molar-refractivity contribution in [3.63, 3.8) is 0 Å². The fourth-order valence-electron chi connectivity index (χ4n) is 1.62. The smallest absolute Gasteiger partial charge is 0.372 e. The van der Waals surface area contributed by atoms with Gasteiger partial charge in [0.15, 0.2) is 5.16 Å². The summed E-state index contributed by atoms with van der Waals surface area (Å²) in [6.07, 6.45) is 3.39. The molecule has 0 amide bonds. The molecule has 7 heteroatoms. The van der Waals surface area contributed by atoms with E-state index >= 15 is 0 Å². The third-order valence-electron chi connectivity index (χ3n) is 2.23. The van der Waals surface area contributed by atoms with Crippen molar-refractivity contribution in [2.24, 2.45) is 0 Å². The topological polar surface area (TPSA) is 66.3 Å². The molecule has 0 spiro atoms. The highest BCUT2D eigenvalue weighted by molar-refractivity contribution is 8.13. The van der Waals surface area contributed by atoms with Gasteiger partial charge in [0.25, 0.3) is 0 Å². The van der Waals surface area contributed by atoms with Crippen LogP contribution in [0.25, 0.3) is 0 Å². The van der Waals surface area contributed by atoms with Gasteiger partial charge in [0, 0.05) is 18.3 Å². The average molecular weight is 271 g/mol. The first-order valence-electron chi connectivity index (χ1n) is 5.35. The predicted molar refractivity (Wildman–Crippen MR) is 72.3 cm³/mol. The molecule has 0 radical (unpaired) electrons. The van der Waals surface area contributed by atoms with E-state index in [2.05, 4.69) is 41.1 Å². The quantitative estimate of drug-likeness (QED) is 0.516. The Labute approximate surface area is 106 Å². The molecule has 0 aliphatic carbocycles. The minimum atomic E-state index is -1.45. The lowest BCUT2D eigenvalue weighted by Gasteiger charge is -2.34. The molecule has 1 N–H and O–H groups in total. The van der Waals surface area contributed by atoms with E-state index in [4.69, 9.17) is 5.11 Å². The second-order valence-electron chi connectivity index (χ2n) is 4.51. The summed E-state index contributed by atoms with van der Waals surface area (Å²) in [6.45, 7) is 9.74. The SMILES string of the molecule is CCN(c1cnc(SC(=O)O)nc1)[Si](C)(C)C. The molecule has 0 saturated carbocycles. The molecule has 0 fully saturated rings. The molecule has 94 valence electrons. The van der Waals surface area contributed by atoms with Crippen LogP contribution in [0.5, 0.6) is 0 Å². The van der Waals surface area contributed by atoms with Gasteiger partial charge in [-0.05, 0) is 6.92 Å². The lowest BCUT2D eigenvalue weighted by molar-refractivity contribution is 0.222. The van der Waals surface area contributed by atoms with Crippen molar-refractivity contribution in [2.75, 3.05) is 11.1 Å². The van der Waals surface area contributed by atoms with Crippen LogP contribution in [0.15, 0.2) is 17.6 Å². The zero-order valence-electron chi connectivity index (χ0n) is 10.5. The molecule has 0 aromatic carbocycles. The predicted octanol–water partition coefficient (Wildman–Crippen LogP) is 2.91. The van der Waals surface area contributed by atoms with Gasteiger partial charge in [0.1, 0.15) is 8.24 Å². The van der Waals surface area contributed by atoms with E-state index in [1.54, 1.807) is 12.4 Å². The fraction of sp³-hybridized carbons (Fsp3) is 0.500. The third-order valence-corrected chi connectivity index (χ3v) is 4.99. The van der Waals surface area contributed by atoms with Crippen LogP contribution in [-0.4, -0.2) is 35.2 Å². The molecule has 17 heavy (non-hydrogen) atoms. The van der Waals surface area contributed by atoms with Crippen molar-refractivity contribution in [3.05, 3.63) is 12.4 Å². The summed E-state index contributed by atoms with van der Waals surface area (Å²) < 4.78 is 2.29. The number of rotatable bonds is 4. The summed E-state index contributed by atoms with van der Waals surface area (Å²) in [5.41, 5.74) is 0.960. The van der Waals surface area contributed by atoms with E-state index in [0.29, 0.717) is 11.8 Å². The Balaban J connectivity index is 2.89. The summed E-state index contributed by atoms with van der Waals surface area (Å²) in [5.74, 6) is 0. The normalized spacial score (nSPS) is 11.3. The third kappa shape index (κ3) is 4.01. The van der Waals surface area contributed by atoms with Crippen LogP contribution in [0.4, 0.5) is 10.5 Å².